The zero-order valence-electron chi connectivity index (χ0n) is 21.3. The Morgan fingerprint density at radius 2 is 1.59 bits per heavy atom. The number of amides is 2. The van der Waals surface area contributed by atoms with E-state index in [1.165, 1.54) is 0 Å². The number of nitrogens with zero attached hydrogens (tertiary/aromatic N) is 2. The van der Waals surface area contributed by atoms with Crippen LogP contribution in [0.4, 0.5) is 4.79 Å². The van der Waals surface area contributed by atoms with Gasteiger partial charge in [-0.15, -0.1) is 0 Å². The quantitative estimate of drug-likeness (QED) is 0.463. The molecule has 0 bridgehead atoms. The van der Waals surface area contributed by atoms with Crippen molar-refractivity contribution in [3.05, 3.63) is 53.6 Å². The maximum Gasteiger partial charge on any atom is 0.408 e. The summed E-state index contributed by atoms with van der Waals surface area (Å²) < 4.78 is 21.5. The van der Waals surface area contributed by atoms with Crippen LogP contribution in [0.2, 0.25) is 0 Å². The van der Waals surface area contributed by atoms with Crippen LogP contribution < -0.4 is 19.5 Å². The summed E-state index contributed by atoms with van der Waals surface area (Å²) in [7, 11) is 4.67. The van der Waals surface area contributed by atoms with E-state index in [1.54, 1.807) is 38.4 Å². The molecule has 0 saturated carbocycles. The lowest BCUT2D eigenvalue weighted by atomic mass is 10.1. The van der Waals surface area contributed by atoms with Gasteiger partial charge in [-0.1, -0.05) is 36.4 Å². The molecule has 1 saturated heterocycles. The van der Waals surface area contributed by atoms with E-state index in [4.69, 9.17) is 18.9 Å². The largest absolute Gasteiger partial charge is 0.493 e. The van der Waals surface area contributed by atoms with Crippen LogP contribution in [0.3, 0.4) is 0 Å². The SMILES string of the molecule is COc1ccc(CN2CCN(C(=O)[C@H](CC(=O)O)NC(=O)OCc3ccccc3)CC2)c(OC)c1OC. The van der Waals surface area contributed by atoms with Crippen molar-refractivity contribution >= 4 is 18.0 Å². The number of methoxy groups -OCH3 is 3. The summed E-state index contributed by atoms with van der Waals surface area (Å²) in [6, 6.07) is 11.6. The molecule has 1 aliphatic heterocycles. The third-order valence-corrected chi connectivity index (χ3v) is 6.05. The van der Waals surface area contributed by atoms with Crippen molar-refractivity contribution in [2.24, 2.45) is 0 Å². The number of hydrogen-bond acceptors (Lipinski definition) is 8. The molecule has 2 amide bonds. The van der Waals surface area contributed by atoms with Gasteiger partial charge in [-0.2, -0.15) is 0 Å². The summed E-state index contributed by atoms with van der Waals surface area (Å²) in [6.07, 6.45) is -1.38. The molecule has 0 unspecified atom stereocenters. The van der Waals surface area contributed by atoms with Gasteiger partial charge in [0.25, 0.3) is 0 Å². The normalized spacial score (nSPS) is 14.4. The van der Waals surface area contributed by atoms with Gasteiger partial charge in [-0.25, -0.2) is 4.79 Å². The molecule has 1 fully saturated rings. The van der Waals surface area contributed by atoms with E-state index in [1.807, 2.05) is 30.3 Å². The molecule has 0 aromatic heterocycles. The molecule has 1 aliphatic rings. The maximum atomic E-state index is 13.1. The first-order valence-corrected chi connectivity index (χ1v) is 11.8. The van der Waals surface area contributed by atoms with E-state index in [9.17, 15) is 19.5 Å². The fourth-order valence-electron chi connectivity index (χ4n) is 4.16. The lowest BCUT2D eigenvalue weighted by Gasteiger charge is -2.36. The molecule has 37 heavy (non-hydrogen) atoms. The Balaban J connectivity index is 1.57. The van der Waals surface area contributed by atoms with Gasteiger partial charge in [0.1, 0.15) is 12.6 Å². The first kappa shape index (κ1) is 27.6. The second-order valence-corrected chi connectivity index (χ2v) is 8.45. The number of carboxylic acids is 1. The van der Waals surface area contributed by atoms with E-state index in [0.29, 0.717) is 50.0 Å². The summed E-state index contributed by atoms with van der Waals surface area (Å²) in [4.78, 5) is 40.4. The first-order chi connectivity index (χ1) is 17.9. The molecule has 200 valence electrons. The van der Waals surface area contributed by atoms with Crippen LogP contribution >= 0.6 is 0 Å². The van der Waals surface area contributed by atoms with Crippen molar-refractivity contribution in [3.63, 3.8) is 0 Å². The van der Waals surface area contributed by atoms with E-state index in [2.05, 4.69) is 10.2 Å². The van der Waals surface area contributed by atoms with E-state index < -0.39 is 30.4 Å². The van der Waals surface area contributed by atoms with Crippen LogP contribution in [0.15, 0.2) is 42.5 Å². The van der Waals surface area contributed by atoms with Crippen LogP contribution in [0, 0.1) is 0 Å². The number of benzene rings is 2. The molecule has 0 radical (unpaired) electrons. The number of rotatable bonds is 11. The average molecular weight is 516 g/mol. The van der Waals surface area contributed by atoms with Crippen molar-refractivity contribution in [2.45, 2.75) is 25.6 Å². The number of carbonyl (C=O) groups excluding carboxylic acids is 2. The number of alkyl carbamates (subject to hydrolysis) is 1. The van der Waals surface area contributed by atoms with Crippen LogP contribution in [0.25, 0.3) is 0 Å². The lowest BCUT2D eigenvalue weighted by molar-refractivity contribution is -0.143. The van der Waals surface area contributed by atoms with Crippen molar-refractivity contribution < 1.29 is 38.4 Å². The van der Waals surface area contributed by atoms with Gasteiger partial charge in [0.05, 0.1) is 27.8 Å². The summed E-state index contributed by atoms with van der Waals surface area (Å²) in [5.41, 5.74) is 1.69. The topological polar surface area (TPSA) is 127 Å². The van der Waals surface area contributed by atoms with Gasteiger partial charge in [-0.05, 0) is 11.6 Å². The molecular formula is C26H33N3O8. The Bertz CT molecular complexity index is 1070. The predicted molar refractivity (Wildman–Crippen MR) is 134 cm³/mol. The van der Waals surface area contributed by atoms with Crippen molar-refractivity contribution in [2.75, 3.05) is 47.5 Å². The second kappa shape index (κ2) is 13.4. The Hall–Kier alpha value is -3.99. The summed E-state index contributed by atoms with van der Waals surface area (Å²) >= 11 is 0. The van der Waals surface area contributed by atoms with E-state index in [0.717, 1.165) is 11.1 Å². The molecule has 1 atom stereocenters. The highest BCUT2D eigenvalue weighted by Crippen LogP contribution is 2.40. The molecule has 3 rings (SSSR count). The highest BCUT2D eigenvalue weighted by atomic mass is 16.5. The van der Waals surface area contributed by atoms with Crippen LogP contribution in [-0.4, -0.2) is 86.4 Å². The molecule has 1 heterocycles. The summed E-state index contributed by atoms with van der Waals surface area (Å²) in [5.74, 6) is 0.0132. The lowest BCUT2D eigenvalue weighted by Crippen LogP contribution is -2.55. The number of nitrogens with one attached hydrogen (secondary N) is 1. The van der Waals surface area contributed by atoms with E-state index in [-0.39, 0.29) is 6.61 Å². The van der Waals surface area contributed by atoms with Crippen LogP contribution in [0.5, 0.6) is 17.2 Å². The van der Waals surface area contributed by atoms with Gasteiger partial charge in [0.2, 0.25) is 11.7 Å². The smallest absolute Gasteiger partial charge is 0.408 e. The molecule has 0 spiro atoms. The zero-order valence-corrected chi connectivity index (χ0v) is 21.3. The second-order valence-electron chi connectivity index (χ2n) is 8.45. The summed E-state index contributed by atoms with van der Waals surface area (Å²) in [6.45, 7) is 2.45. The number of carbonyl (C=O) groups is 3. The van der Waals surface area contributed by atoms with Gasteiger partial charge >= 0.3 is 12.1 Å². The predicted octanol–water partition coefficient (Wildman–Crippen LogP) is 2.13. The van der Waals surface area contributed by atoms with Crippen LogP contribution in [0.1, 0.15) is 17.5 Å². The molecule has 11 heteroatoms. The van der Waals surface area contributed by atoms with Crippen molar-refractivity contribution in [1.29, 1.82) is 0 Å². The molecule has 2 aromatic carbocycles. The van der Waals surface area contributed by atoms with Gasteiger partial charge in [0, 0.05) is 38.3 Å². The third-order valence-electron chi connectivity index (χ3n) is 6.05. The number of carboxylic acid groups (broad SMARTS) is 1. The zero-order chi connectivity index (χ0) is 26.8. The third kappa shape index (κ3) is 7.50. The monoisotopic (exact) mass is 515 g/mol. The molecule has 2 N–H and O–H groups in total. The van der Waals surface area contributed by atoms with Gasteiger partial charge in [0.15, 0.2) is 11.5 Å². The minimum Gasteiger partial charge on any atom is -0.493 e. The Morgan fingerprint density at radius 1 is 0.919 bits per heavy atom. The minimum absolute atomic E-state index is 0.0128. The average Bonchev–Trinajstić information content (AvgIpc) is 2.91. The van der Waals surface area contributed by atoms with Gasteiger partial charge in [-0.3, -0.25) is 14.5 Å². The molecular weight excluding hydrogens is 482 g/mol. The van der Waals surface area contributed by atoms with Crippen molar-refractivity contribution in [3.8, 4) is 17.2 Å². The minimum atomic E-state index is -1.22. The van der Waals surface area contributed by atoms with Crippen molar-refractivity contribution in [1.82, 2.24) is 15.1 Å². The first-order valence-electron chi connectivity index (χ1n) is 11.8. The highest BCUT2D eigenvalue weighted by molar-refractivity contribution is 5.89. The van der Waals surface area contributed by atoms with Crippen LogP contribution in [-0.2, 0) is 27.5 Å². The number of hydrogen-bond donors (Lipinski definition) is 2. The maximum absolute atomic E-state index is 13.1. The summed E-state index contributed by atoms with van der Waals surface area (Å²) in [5, 5.41) is 11.7. The molecule has 2 aromatic rings. The number of ether oxygens (including phenoxy) is 4. The molecule has 0 aliphatic carbocycles. The van der Waals surface area contributed by atoms with E-state index >= 15 is 0 Å². The Morgan fingerprint density at radius 3 is 2.19 bits per heavy atom. The standard InChI is InChI=1S/C26H33N3O8/c1-34-21-10-9-19(23(35-2)24(21)36-3)16-28-11-13-29(14-12-28)25(32)20(15-22(30)31)27-26(33)37-17-18-7-5-4-6-8-18/h4-10,20H,11-17H2,1-3H3,(H,27,33)(H,30,31)/t20-/m0/s1. The fraction of sp³-hybridized carbons (Fsp3) is 0.423. The Labute approximate surface area is 215 Å². The number of aliphatic carboxylic acids is 1. The Kier molecular flexibility index (Phi) is 9.96. The number of piperazine rings is 1. The molecule has 11 nitrogen and oxygen atoms in total. The fourth-order valence-corrected chi connectivity index (χ4v) is 4.16. The van der Waals surface area contributed by atoms with Gasteiger partial charge < -0.3 is 34.3 Å². The highest BCUT2D eigenvalue weighted by Gasteiger charge is 2.31.